The molecule has 0 bridgehead atoms. The van der Waals surface area contributed by atoms with Crippen LogP contribution in [0.5, 0.6) is 0 Å². The molecule has 0 spiro atoms. The maximum Gasteiger partial charge on any atom is 0.491 e. The lowest BCUT2D eigenvalue weighted by Crippen LogP contribution is -2.17. The summed E-state index contributed by atoms with van der Waals surface area (Å²) in [5.74, 6) is 0.362. The number of allylic oxidation sites excluding steroid dienone is 2. The number of fused-ring (bicyclic) bond motifs is 1. The summed E-state index contributed by atoms with van der Waals surface area (Å²) >= 11 is 0. The van der Waals surface area contributed by atoms with Crippen molar-refractivity contribution in [1.82, 2.24) is 0 Å². The predicted molar refractivity (Wildman–Crippen MR) is 40.8 cm³/mol. The van der Waals surface area contributed by atoms with Crippen molar-refractivity contribution >= 4 is 7.12 Å². The minimum atomic E-state index is -0.884. The lowest BCUT2D eigenvalue weighted by Gasteiger charge is -2.12. The molecular formula is C7H9BO3. The van der Waals surface area contributed by atoms with Crippen LogP contribution in [0.3, 0.4) is 0 Å². The monoisotopic (exact) mass is 152 g/mol. The third kappa shape index (κ3) is 0.986. The molecule has 2 aliphatic rings. The van der Waals surface area contributed by atoms with E-state index in [0.717, 1.165) is 6.42 Å². The van der Waals surface area contributed by atoms with Crippen molar-refractivity contribution in [2.75, 3.05) is 6.61 Å². The van der Waals surface area contributed by atoms with Crippen LogP contribution in [0.2, 0.25) is 0 Å². The molecule has 1 aliphatic carbocycles. The van der Waals surface area contributed by atoms with Crippen LogP contribution in [0.4, 0.5) is 0 Å². The van der Waals surface area contributed by atoms with Crippen molar-refractivity contribution in [3.8, 4) is 0 Å². The summed E-state index contributed by atoms with van der Waals surface area (Å²) in [6.45, 7) is 0.519. The number of rotatable bonds is 0. The molecule has 0 amide bonds. The van der Waals surface area contributed by atoms with Gasteiger partial charge in [0.25, 0.3) is 0 Å². The van der Waals surface area contributed by atoms with E-state index in [9.17, 15) is 10.1 Å². The summed E-state index contributed by atoms with van der Waals surface area (Å²) in [6.07, 6.45) is 4.37. The molecule has 3 nitrogen and oxygen atoms in total. The molecule has 0 aromatic heterocycles. The first-order chi connectivity index (χ1) is 5.29. The summed E-state index contributed by atoms with van der Waals surface area (Å²) in [6, 6.07) is 0. The molecule has 1 aliphatic heterocycles. The van der Waals surface area contributed by atoms with Crippen LogP contribution in [-0.4, -0.2) is 23.9 Å². The number of aliphatic hydroxyl groups excluding tert-OH is 1. The van der Waals surface area contributed by atoms with Crippen LogP contribution in [0.1, 0.15) is 6.42 Å². The maximum atomic E-state index is 9.30. The van der Waals surface area contributed by atoms with Crippen LogP contribution in [0, 0.1) is 5.92 Å². The molecule has 0 aromatic rings. The number of hydrogen-bond acceptors (Lipinski definition) is 3. The first kappa shape index (κ1) is 6.94. The van der Waals surface area contributed by atoms with Crippen molar-refractivity contribution in [2.45, 2.75) is 6.42 Å². The van der Waals surface area contributed by atoms with Gasteiger partial charge in [-0.05, 0) is 12.5 Å². The fourth-order valence-electron chi connectivity index (χ4n) is 1.56. The van der Waals surface area contributed by atoms with Crippen molar-refractivity contribution in [1.29, 1.82) is 0 Å². The molecule has 4 heteroatoms. The summed E-state index contributed by atoms with van der Waals surface area (Å²) in [5.41, 5.74) is 0.646. The van der Waals surface area contributed by atoms with E-state index in [4.69, 9.17) is 4.65 Å². The van der Waals surface area contributed by atoms with E-state index < -0.39 is 7.12 Å². The van der Waals surface area contributed by atoms with Gasteiger partial charge in [0, 0.05) is 18.0 Å². The molecular weight excluding hydrogens is 143 g/mol. The number of aliphatic hydroxyl groups is 1. The average Bonchev–Trinajstić information content (AvgIpc) is 2.34. The van der Waals surface area contributed by atoms with E-state index in [1.165, 1.54) is 0 Å². The Labute approximate surface area is 65.1 Å². The fraction of sp³-hybridized carbons (Fsp3) is 0.429. The Balaban J connectivity index is 2.36. The minimum Gasteiger partial charge on any atom is -0.509 e. The molecule has 2 N–H and O–H groups in total. The zero-order valence-corrected chi connectivity index (χ0v) is 6.03. The Bertz CT molecular complexity index is 234. The lowest BCUT2D eigenvalue weighted by atomic mass is 9.71. The zero-order valence-electron chi connectivity index (χ0n) is 6.03. The summed E-state index contributed by atoms with van der Waals surface area (Å²) in [7, 11) is -0.884. The van der Waals surface area contributed by atoms with E-state index in [-0.39, 0.29) is 11.7 Å². The number of hydrogen-bond donors (Lipinski definition) is 2. The van der Waals surface area contributed by atoms with E-state index in [2.05, 4.69) is 0 Å². The molecule has 1 unspecified atom stereocenters. The standard InChI is InChI=1S/C7H9BO3/c9-6-3-1-2-5-4-11-8(10)7(5)6/h1,3,5,9-10H,2,4H2. The highest BCUT2D eigenvalue weighted by atomic mass is 16.5. The van der Waals surface area contributed by atoms with Gasteiger partial charge in [0.05, 0.1) is 0 Å². The fourth-order valence-corrected chi connectivity index (χ4v) is 1.56. The molecule has 11 heavy (non-hydrogen) atoms. The second-order valence-electron chi connectivity index (χ2n) is 2.86. The van der Waals surface area contributed by atoms with E-state index >= 15 is 0 Å². The van der Waals surface area contributed by atoms with E-state index in [1.807, 2.05) is 6.08 Å². The highest BCUT2D eigenvalue weighted by Gasteiger charge is 2.37. The Morgan fingerprint density at radius 3 is 3.18 bits per heavy atom. The van der Waals surface area contributed by atoms with Gasteiger partial charge in [-0.1, -0.05) is 6.08 Å². The smallest absolute Gasteiger partial charge is 0.491 e. The van der Waals surface area contributed by atoms with Crippen LogP contribution >= 0.6 is 0 Å². The van der Waals surface area contributed by atoms with Gasteiger partial charge in [-0.2, -0.15) is 0 Å². The average molecular weight is 152 g/mol. The van der Waals surface area contributed by atoms with Gasteiger partial charge >= 0.3 is 7.12 Å². The predicted octanol–water partition coefficient (Wildman–Crippen LogP) is 0.425. The minimum absolute atomic E-state index is 0.172. The molecule has 0 aromatic carbocycles. The Kier molecular flexibility index (Phi) is 1.51. The Morgan fingerprint density at radius 2 is 2.45 bits per heavy atom. The third-order valence-corrected chi connectivity index (χ3v) is 2.15. The van der Waals surface area contributed by atoms with Gasteiger partial charge in [0.1, 0.15) is 5.76 Å². The first-order valence-corrected chi connectivity index (χ1v) is 3.68. The maximum absolute atomic E-state index is 9.30. The van der Waals surface area contributed by atoms with Gasteiger partial charge < -0.3 is 14.8 Å². The molecule has 0 radical (unpaired) electrons. The quantitative estimate of drug-likeness (QED) is 0.494. The van der Waals surface area contributed by atoms with E-state index in [1.54, 1.807) is 6.08 Å². The lowest BCUT2D eigenvalue weighted by molar-refractivity contribution is 0.275. The van der Waals surface area contributed by atoms with Crippen LogP contribution < -0.4 is 0 Å². The summed E-state index contributed by atoms with van der Waals surface area (Å²) in [5, 5.41) is 18.5. The highest BCUT2D eigenvalue weighted by Crippen LogP contribution is 2.31. The second kappa shape index (κ2) is 2.39. The molecule has 1 saturated heterocycles. The van der Waals surface area contributed by atoms with Crippen molar-refractivity contribution < 1.29 is 14.8 Å². The van der Waals surface area contributed by atoms with Gasteiger partial charge in [-0.25, -0.2) is 0 Å². The Hall–Kier alpha value is -0.735. The zero-order chi connectivity index (χ0) is 7.84. The normalized spacial score (nSPS) is 29.5. The molecule has 1 heterocycles. The third-order valence-electron chi connectivity index (χ3n) is 2.15. The van der Waals surface area contributed by atoms with Gasteiger partial charge in [0.2, 0.25) is 0 Å². The Morgan fingerprint density at radius 1 is 1.64 bits per heavy atom. The second-order valence-corrected chi connectivity index (χ2v) is 2.86. The van der Waals surface area contributed by atoms with Crippen molar-refractivity contribution in [2.24, 2.45) is 5.92 Å². The van der Waals surface area contributed by atoms with Crippen molar-refractivity contribution in [3.05, 3.63) is 23.4 Å². The van der Waals surface area contributed by atoms with Gasteiger partial charge in [0.15, 0.2) is 0 Å². The topological polar surface area (TPSA) is 49.7 Å². The van der Waals surface area contributed by atoms with E-state index in [0.29, 0.717) is 12.1 Å². The van der Waals surface area contributed by atoms with Gasteiger partial charge in [-0.3, -0.25) is 0 Å². The highest BCUT2D eigenvalue weighted by molar-refractivity contribution is 6.53. The summed E-state index contributed by atoms with van der Waals surface area (Å²) in [4.78, 5) is 0. The first-order valence-electron chi connectivity index (χ1n) is 3.68. The van der Waals surface area contributed by atoms with Crippen LogP contribution in [-0.2, 0) is 4.65 Å². The van der Waals surface area contributed by atoms with Crippen LogP contribution in [0.15, 0.2) is 23.4 Å². The van der Waals surface area contributed by atoms with Gasteiger partial charge in [-0.15, -0.1) is 0 Å². The molecule has 2 rings (SSSR count). The van der Waals surface area contributed by atoms with Crippen molar-refractivity contribution in [3.63, 3.8) is 0 Å². The molecule has 1 atom stereocenters. The SMILES string of the molecule is OB1OCC2CC=CC(O)=C12. The molecule has 0 saturated carbocycles. The molecule has 1 fully saturated rings. The molecule has 58 valence electrons. The largest absolute Gasteiger partial charge is 0.509 e. The van der Waals surface area contributed by atoms with Crippen LogP contribution in [0.25, 0.3) is 0 Å². The summed E-state index contributed by atoms with van der Waals surface area (Å²) < 4.78 is 4.97.